The van der Waals surface area contributed by atoms with Crippen LogP contribution in [0, 0.1) is 5.92 Å². The zero-order valence-electron chi connectivity index (χ0n) is 19.3. The maximum atomic E-state index is 12.1. The van der Waals surface area contributed by atoms with Gasteiger partial charge in [0.2, 0.25) is 5.95 Å². The van der Waals surface area contributed by atoms with Crippen LogP contribution in [-0.4, -0.2) is 40.9 Å². The Morgan fingerprint density at radius 1 is 1.21 bits per heavy atom. The lowest BCUT2D eigenvalue weighted by Crippen LogP contribution is -2.43. The number of amides is 1. The third-order valence-electron chi connectivity index (χ3n) is 5.71. The topological polar surface area (TPSA) is 59.4 Å². The van der Waals surface area contributed by atoms with Crippen molar-refractivity contribution in [3.05, 3.63) is 58.1 Å². The number of imidazole rings is 1. The van der Waals surface area contributed by atoms with Crippen molar-refractivity contribution >= 4 is 46.3 Å². The Labute approximate surface area is 204 Å². The molecule has 2 heterocycles. The summed E-state index contributed by atoms with van der Waals surface area (Å²) >= 11 is 12.7. The molecule has 1 atom stereocenters. The molecule has 1 aliphatic heterocycles. The molecule has 4 rings (SSSR count). The highest BCUT2D eigenvalue weighted by molar-refractivity contribution is 6.33. The van der Waals surface area contributed by atoms with Gasteiger partial charge in [-0.25, -0.2) is 9.78 Å². The lowest BCUT2D eigenvalue weighted by molar-refractivity contribution is 0.0517. The average Bonchev–Trinajstić information content (AvgIpc) is 3.12. The van der Waals surface area contributed by atoms with Crippen molar-refractivity contribution in [2.75, 3.05) is 24.5 Å². The van der Waals surface area contributed by atoms with Gasteiger partial charge in [-0.15, -0.1) is 0 Å². The van der Waals surface area contributed by atoms with Crippen LogP contribution in [0.5, 0.6) is 0 Å². The summed E-state index contributed by atoms with van der Waals surface area (Å²) in [6.07, 6.45) is 1.71. The van der Waals surface area contributed by atoms with E-state index in [1.165, 1.54) is 0 Å². The van der Waals surface area contributed by atoms with E-state index in [9.17, 15) is 4.79 Å². The van der Waals surface area contributed by atoms with E-state index in [0.717, 1.165) is 48.5 Å². The number of alkyl carbamates (subject to hydrolysis) is 1. The third kappa shape index (κ3) is 5.92. The summed E-state index contributed by atoms with van der Waals surface area (Å²) in [6, 6.07) is 13.7. The fourth-order valence-electron chi connectivity index (χ4n) is 4.25. The number of anilines is 1. The van der Waals surface area contributed by atoms with Gasteiger partial charge < -0.3 is 19.5 Å². The number of ether oxygens (including phenoxy) is 1. The third-order valence-corrected chi connectivity index (χ3v) is 6.31. The molecular weight excluding hydrogens is 459 g/mol. The number of nitrogens with one attached hydrogen (secondary N) is 1. The summed E-state index contributed by atoms with van der Waals surface area (Å²) in [5.41, 5.74) is 2.45. The normalized spacial score (nSPS) is 16.8. The van der Waals surface area contributed by atoms with Gasteiger partial charge in [0.25, 0.3) is 0 Å². The van der Waals surface area contributed by atoms with Gasteiger partial charge in [-0.2, -0.15) is 0 Å². The van der Waals surface area contributed by atoms with E-state index in [1.54, 1.807) is 6.07 Å². The van der Waals surface area contributed by atoms with Crippen LogP contribution in [-0.2, 0) is 11.3 Å². The van der Waals surface area contributed by atoms with Gasteiger partial charge in [-0.05, 0) is 75.4 Å². The molecule has 1 aromatic heterocycles. The minimum absolute atomic E-state index is 0.314. The number of hydrogen-bond acceptors (Lipinski definition) is 4. The molecule has 33 heavy (non-hydrogen) atoms. The van der Waals surface area contributed by atoms with Gasteiger partial charge in [0.1, 0.15) is 5.60 Å². The van der Waals surface area contributed by atoms with Crippen molar-refractivity contribution in [3.8, 4) is 0 Å². The van der Waals surface area contributed by atoms with Crippen molar-refractivity contribution in [1.29, 1.82) is 0 Å². The molecule has 1 N–H and O–H groups in total. The Balaban J connectivity index is 1.55. The first-order valence-corrected chi connectivity index (χ1v) is 12.1. The fraction of sp³-hybridized carbons (Fsp3) is 0.440. The number of benzene rings is 2. The van der Waals surface area contributed by atoms with Crippen LogP contribution in [0.25, 0.3) is 11.0 Å². The fourth-order valence-corrected chi connectivity index (χ4v) is 4.62. The van der Waals surface area contributed by atoms with E-state index in [0.29, 0.717) is 29.1 Å². The second-order valence-corrected chi connectivity index (χ2v) is 10.4. The summed E-state index contributed by atoms with van der Waals surface area (Å²) in [5, 5.41) is 4.27. The number of halogens is 2. The van der Waals surface area contributed by atoms with Gasteiger partial charge in [-0.1, -0.05) is 35.3 Å². The second-order valence-electron chi connectivity index (χ2n) is 9.56. The lowest BCUT2D eigenvalue weighted by atomic mass is 9.98. The Morgan fingerprint density at radius 2 is 2.00 bits per heavy atom. The molecule has 1 unspecified atom stereocenters. The van der Waals surface area contributed by atoms with E-state index in [-0.39, 0.29) is 6.09 Å². The van der Waals surface area contributed by atoms with Gasteiger partial charge in [-0.3, -0.25) is 0 Å². The summed E-state index contributed by atoms with van der Waals surface area (Å²) < 4.78 is 7.59. The summed E-state index contributed by atoms with van der Waals surface area (Å²) in [7, 11) is 0. The maximum Gasteiger partial charge on any atom is 0.407 e. The zero-order valence-corrected chi connectivity index (χ0v) is 20.8. The summed E-state index contributed by atoms with van der Waals surface area (Å²) in [6.45, 7) is 8.47. The molecule has 0 spiro atoms. The standard InChI is InChI=1S/C25H30Cl2N4O2/c1-25(2,3)33-24(32)28-14-17-7-6-12-30(15-17)23-29-21-8-4-5-9-22(21)31(23)16-18-13-19(26)10-11-20(18)27/h4-5,8-11,13,17H,6-7,12,14-16H2,1-3H3,(H,28,32). The first-order valence-electron chi connectivity index (χ1n) is 11.3. The van der Waals surface area contributed by atoms with Crippen molar-refractivity contribution in [2.24, 2.45) is 5.92 Å². The molecule has 0 saturated carbocycles. The number of carbonyl (C=O) groups is 1. The number of hydrogen-bond donors (Lipinski definition) is 1. The van der Waals surface area contributed by atoms with Gasteiger partial charge >= 0.3 is 6.09 Å². The quantitative estimate of drug-likeness (QED) is 0.468. The first kappa shape index (κ1) is 23.7. The molecule has 6 nitrogen and oxygen atoms in total. The van der Waals surface area contributed by atoms with Gasteiger partial charge in [0, 0.05) is 29.7 Å². The van der Waals surface area contributed by atoms with Crippen LogP contribution in [0.3, 0.4) is 0 Å². The van der Waals surface area contributed by atoms with Gasteiger partial charge in [0.15, 0.2) is 0 Å². The number of para-hydroxylation sites is 2. The van der Waals surface area contributed by atoms with Crippen molar-refractivity contribution in [2.45, 2.75) is 45.8 Å². The maximum absolute atomic E-state index is 12.1. The van der Waals surface area contributed by atoms with Crippen LogP contribution in [0.4, 0.5) is 10.7 Å². The molecule has 0 radical (unpaired) electrons. The number of rotatable bonds is 5. The zero-order chi connectivity index (χ0) is 23.6. The van der Waals surface area contributed by atoms with E-state index >= 15 is 0 Å². The molecule has 176 valence electrons. The molecule has 0 bridgehead atoms. The molecule has 2 aromatic carbocycles. The molecule has 0 aliphatic carbocycles. The van der Waals surface area contributed by atoms with Crippen LogP contribution in [0.2, 0.25) is 10.0 Å². The van der Waals surface area contributed by atoms with E-state index in [4.69, 9.17) is 32.9 Å². The Bertz CT molecular complexity index is 1140. The SMILES string of the molecule is CC(C)(C)OC(=O)NCC1CCCN(c2nc3ccccc3n2Cc2cc(Cl)ccc2Cl)C1. The number of fused-ring (bicyclic) bond motifs is 1. The number of carbonyl (C=O) groups excluding carboxylic acids is 1. The highest BCUT2D eigenvalue weighted by Crippen LogP contribution is 2.30. The minimum atomic E-state index is -0.505. The molecule has 1 fully saturated rings. The number of nitrogens with zero attached hydrogens (tertiary/aromatic N) is 3. The lowest BCUT2D eigenvalue weighted by Gasteiger charge is -2.34. The first-order chi connectivity index (χ1) is 15.7. The second kappa shape index (κ2) is 9.82. The van der Waals surface area contributed by atoms with Gasteiger partial charge in [0.05, 0.1) is 17.6 Å². The van der Waals surface area contributed by atoms with Crippen LogP contribution < -0.4 is 10.2 Å². The van der Waals surface area contributed by atoms with E-state index < -0.39 is 5.60 Å². The van der Waals surface area contributed by atoms with Crippen LogP contribution in [0.1, 0.15) is 39.2 Å². The summed E-state index contributed by atoms with van der Waals surface area (Å²) in [4.78, 5) is 19.4. The molecule has 1 amide bonds. The molecule has 1 aliphatic rings. The Morgan fingerprint density at radius 3 is 2.79 bits per heavy atom. The van der Waals surface area contributed by atoms with Crippen LogP contribution >= 0.6 is 23.2 Å². The van der Waals surface area contributed by atoms with Crippen molar-refractivity contribution in [3.63, 3.8) is 0 Å². The number of piperidine rings is 1. The molecular formula is C25H30Cl2N4O2. The number of aromatic nitrogens is 2. The predicted molar refractivity (Wildman–Crippen MR) is 134 cm³/mol. The highest BCUT2D eigenvalue weighted by atomic mass is 35.5. The minimum Gasteiger partial charge on any atom is -0.444 e. The van der Waals surface area contributed by atoms with Crippen LogP contribution in [0.15, 0.2) is 42.5 Å². The molecule has 1 saturated heterocycles. The largest absolute Gasteiger partial charge is 0.444 e. The van der Waals surface area contributed by atoms with E-state index in [2.05, 4.69) is 20.9 Å². The Kier molecular flexibility index (Phi) is 7.05. The summed E-state index contributed by atoms with van der Waals surface area (Å²) in [5.74, 6) is 1.23. The molecule has 3 aromatic rings. The van der Waals surface area contributed by atoms with Crippen molar-refractivity contribution < 1.29 is 9.53 Å². The highest BCUT2D eigenvalue weighted by Gasteiger charge is 2.26. The van der Waals surface area contributed by atoms with Crippen molar-refractivity contribution in [1.82, 2.24) is 14.9 Å². The average molecular weight is 489 g/mol. The Hall–Kier alpha value is -2.44. The monoisotopic (exact) mass is 488 g/mol. The van der Waals surface area contributed by atoms with E-state index in [1.807, 2.05) is 51.1 Å². The molecule has 8 heteroatoms. The predicted octanol–water partition coefficient (Wildman–Crippen LogP) is 6.13. The smallest absolute Gasteiger partial charge is 0.407 e.